The standard InChI is InChI=1S/C12H17N5O4/c1-13-10-9-11(16-12(15-10)20-2)17(5-14-9)8-3-6(19)7(4-18)21-8/h5-8,18-19H,3-4H2,1-2H3,(H,13,15,16)/t6-,7+,8-/m1/s1. The molecule has 3 atom stereocenters. The van der Waals surface area contributed by atoms with E-state index >= 15 is 0 Å². The number of hydrogen-bond acceptors (Lipinski definition) is 8. The number of ether oxygens (including phenoxy) is 2. The maximum atomic E-state index is 9.84. The van der Waals surface area contributed by atoms with Crippen molar-refractivity contribution in [2.24, 2.45) is 0 Å². The summed E-state index contributed by atoms with van der Waals surface area (Å²) < 4.78 is 12.4. The Kier molecular flexibility index (Phi) is 3.62. The second kappa shape index (κ2) is 5.43. The molecule has 0 saturated carbocycles. The van der Waals surface area contributed by atoms with Crippen molar-refractivity contribution in [2.45, 2.75) is 24.9 Å². The maximum absolute atomic E-state index is 9.84. The molecule has 2 aromatic heterocycles. The lowest BCUT2D eigenvalue weighted by molar-refractivity contribution is -0.0432. The van der Waals surface area contributed by atoms with Crippen LogP contribution in [0.3, 0.4) is 0 Å². The van der Waals surface area contributed by atoms with Gasteiger partial charge >= 0.3 is 6.01 Å². The molecule has 0 unspecified atom stereocenters. The number of rotatable bonds is 4. The van der Waals surface area contributed by atoms with Crippen molar-refractivity contribution in [1.29, 1.82) is 0 Å². The summed E-state index contributed by atoms with van der Waals surface area (Å²) >= 11 is 0. The van der Waals surface area contributed by atoms with E-state index in [0.717, 1.165) is 0 Å². The zero-order valence-electron chi connectivity index (χ0n) is 11.7. The third-order valence-electron chi connectivity index (χ3n) is 3.51. The number of aliphatic hydroxyl groups excluding tert-OH is 2. The predicted octanol–water partition coefficient (Wildman–Crippen LogP) is -0.483. The Labute approximate surface area is 120 Å². The zero-order valence-corrected chi connectivity index (χ0v) is 11.7. The van der Waals surface area contributed by atoms with Crippen molar-refractivity contribution in [3.63, 3.8) is 0 Å². The highest BCUT2D eigenvalue weighted by atomic mass is 16.5. The molecule has 0 amide bonds. The van der Waals surface area contributed by atoms with Crippen molar-refractivity contribution < 1.29 is 19.7 Å². The Hall–Kier alpha value is -1.97. The predicted molar refractivity (Wildman–Crippen MR) is 73.0 cm³/mol. The van der Waals surface area contributed by atoms with Crippen LogP contribution in [0, 0.1) is 0 Å². The van der Waals surface area contributed by atoms with Gasteiger partial charge in [-0.1, -0.05) is 0 Å². The van der Waals surface area contributed by atoms with Gasteiger partial charge in [0.05, 0.1) is 26.1 Å². The van der Waals surface area contributed by atoms with Crippen molar-refractivity contribution >= 4 is 17.0 Å². The first kappa shape index (κ1) is 14.0. The number of anilines is 1. The van der Waals surface area contributed by atoms with E-state index in [1.54, 1.807) is 17.9 Å². The van der Waals surface area contributed by atoms with E-state index in [-0.39, 0.29) is 12.6 Å². The SMILES string of the molecule is CNc1nc(OC)nc2c1ncn2[C@H]1C[C@@H](O)[C@H](CO)O1. The molecule has 9 nitrogen and oxygen atoms in total. The first-order valence-electron chi connectivity index (χ1n) is 6.58. The lowest BCUT2D eigenvalue weighted by atomic mass is 10.2. The fraction of sp³-hybridized carbons (Fsp3) is 0.583. The average molecular weight is 295 g/mol. The van der Waals surface area contributed by atoms with Crippen LogP contribution in [-0.4, -0.2) is 62.7 Å². The average Bonchev–Trinajstić information content (AvgIpc) is 3.08. The maximum Gasteiger partial charge on any atom is 0.320 e. The van der Waals surface area contributed by atoms with E-state index in [4.69, 9.17) is 14.6 Å². The summed E-state index contributed by atoms with van der Waals surface area (Å²) in [6.45, 7) is -0.232. The van der Waals surface area contributed by atoms with Crippen molar-refractivity contribution in [2.75, 3.05) is 26.1 Å². The van der Waals surface area contributed by atoms with Crippen LogP contribution in [0.1, 0.15) is 12.6 Å². The lowest BCUT2D eigenvalue weighted by Gasteiger charge is -2.14. The molecule has 0 bridgehead atoms. The summed E-state index contributed by atoms with van der Waals surface area (Å²) in [5, 5.41) is 21.9. The van der Waals surface area contributed by atoms with Crippen LogP contribution in [0.4, 0.5) is 5.82 Å². The zero-order chi connectivity index (χ0) is 15.0. The van der Waals surface area contributed by atoms with E-state index in [0.29, 0.717) is 23.4 Å². The highest BCUT2D eigenvalue weighted by Crippen LogP contribution is 2.32. The fourth-order valence-corrected chi connectivity index (χ4v) is 2.42. The van der Waals surface area contributed by atoms with E-state index < -0.39 is 18.4 Å². The summed E-state index contributed by atoms with van der Waals surface area (Å²) in [5.41, 5.74) is 1.13. The molecule has 9 heteroatoms. The molecule has 3 rings (SSSR count). The quantitative estimate of drug-likeness (QED) is 0.692. The van der Waals surface area contributed by atoms with Crippen LogP contribution in [0.5, 0.6) is 6.01 Å². The molecule has 1 fully saturated rings. The van der Waals surface area contributed by atoms with E-state index in [1.165, 1.54) is 7.11 Å². The van der Waals surface area contributed by atoms with Crippen LogP contribution in [0.25, 0.3) is 11.2 Å². The molecule has 0 aromatic carbocycles. The third-order valence-corrected chi connectivity index (χ3v) is 3.51. The molecule has 3 heterocycles. The monoisotopic (exact) mass is 295 g/mol. The minimum Gasteiger partial charge on any atom is -0.467 e. The Morgan fingerprint density at radius 2 is 2.33 bits per heavy atom. The van der Waals surface area contributed by atoms with Crippen molar-refractivity contribution in [3.8, 4) is 6.01 Å². The largest absolute Gasteiger partial charge is 0.467 e. The van der Waals surface area contributed by atoms with E-state index in [1.807, 2.05) is 0 Å². The number of aromatic nitrogens is 4. The van der Waals surface area contributed by atoms with Crippen LogP contribution in [0.2, 0.25) is 0 Å². The van der Waals surface area contributed by atoms with E-state index in [9.17, 15) is 5.11 Å². The normalized spacial score (nSPS) is 25.4. The van der Waals surface area contributed by atoms with Crippen LogP contribution in [-0.2, 0) is 4.74 Å². The Morgan fingerprint density at radius 1 is 1.52 bits per heavy atom. The number of fused-ring (bicyclic) bond motifs is 1. The number of methoxy groups -OCH3 is 1. The summed E-state index contributed by atoms with van der Waals surface area (Å²) in [7, 11) is 3.22. The lowest BCUT2D eigenvalue weighted by Crippen LogP contribution is -2.24. The Bertz CT molecular complexity index is 646. The molecule has 114 valence electrons. The molecular weight excluding hydrogens is 278 g/mol. The number of hydrogen-bond donors (Lipinski definition) is 3. The van der Waals surface area contributed by atoms with Gasteiger partial charge in [0.1, 0.15) is 12.3 Å². The van der Waals surface area contributed by atoms with Crippen molar-refractivity contribution in [3.05, 3.63) is 6.33 Å². The molecule has 0 radical (unpaired) electrons. The van der Waals surface area contributed by atoms with Gasteiger partial charge in [-0.15, -0.1) is 0 Å². The first-order valence-corrected chi connectivity index (χ1v) is 6.58. The summed E-state index contributed by atoms with van der Waals surface area (Å²) in [5.74, 6) is 0.549. The Balaban J connectivity index is 2.04. The number of imidazole rings is 1. The van der Waals surface area contributed by atoms with Gasteiger partial charge in [-0.3, -0.25) is 4.57 Å². The van der Waals surface area contributed by atoms with Gasteiger partial charge in [-0.25, -0.2) is 4.98 Å². The molecule has 0 aliphatic carbocycles. The molecule has 1 aliphatic heterocycles. The topological polar surface area (TPSA) is 115 Å². The smallest absolute Gasteiger partial charge is 0.320 e. The van der Waals surface area contributed by atoms with Gasteiger partial charge in [0.15, 0.2) is 17.0 Å². The van der Waals surface area contributed by atoms with Crippen LogP contribution >= 0.6 is 0 Å². The highest BCUT2D eigenvalue weighted by Gasteiger charge is 2.35. The van der Waals surface area contributed by atoms with E-state index in [2.05, 4.69) is 20.3 Å². The van der Waals surface area contributed by atoms with Crippen molar-refractivity contribution in [1.82, 2.24) is 19.5 Å². The van der Waals surface area contributed by atoms with Gasteiger partial charge in [-0.2, -0.15) is 9.97 Å². The Morgan fingerprint density at radius 3 is 2.95 bits per heavy atom. The summed E-state index contributed by atoms with van der Waals surface area (Å²) in [6, 6.07) is 0.214. The van der Waals surface area contributed by atoms with Gasteiger partial charge in [-0.05, 0) is 0 Å². The molecule has 0 spiro atoms. The van der Waals surface area contributed by atoms with Gasteiger partial charge in [0, 0.05) is 13.5 Å². The highest BCUT2D eigenvalue weighted by molar-refractivity contribution is 5.83. The van der Waals surface area contributed by atoms with Gasteiger partial charge in [0.2, 0.25) is 0 Å². The van der Waals surface area contributed by atoms with Gasteiger partial charge < -0.3 is 25.0 Å². The first-order chi connectivity index (χ1) is 10.2. The second-order valence-corrected chi connectivity index (χ2v) is 4.75. The number of nitrogens with zero attached hydrogens (tertiary/aromatic N) is 4. The van der Waals surface area contributed by atoms with Gasteiger partial charge in [0.25, 0.3) is 0 Å². The fourth-order valence-electron chi connectivity index (χ4n) is 2.42. The third kappa shape index (κ3) is 2.28. The molecule has 3 N–H and O–H groups in total. The molecular formula is C12H17N5O4. The summed E-state index contributed by atoms with van der Waals surface area (Å²) in [4.78, 5) is 12.7. The molecule has 21 heavy (non-hydrogen) atoms. The van der Waals surface area contributed by atoms with Crippen LogP contribution in [0.15, 0.2) is 6.33 Å². The minimum absolute atomic E-state index is 0.214. The second-order valence-electron chi connectivity index (χ2n) is 4.75. The number of nitrogens with one attached hydrogen (secondary N) is 1. The summed E-state index contributed by atoms with van der Waals surface area (Å²) in [6.07, 6.45) is 0.186. The molecule has 1 aliphatic rings. The number of aliphatic hydroxyl groups is 2. The molecule has 2 aromatic rings. The molecule has 1 saturated heterocycles. The van der Waals surface area contributed by atoms with Crippen LogP contribution < -0.4 is 10.1 Å². The minimum atomic E-state index is -0.718.